The van der Waals surface area contributed by atoms with E-state index in [4.69, 9.17) is 0 Å². The van der Waals surface area contributed by atoms with Crippen LogP contribution in [0.3, 0.4) is 0 Å². The number of rotatable bonds is 6. The SMILES string of the molecule is O=c1cc(C(F)(F)F)c2cc(S(=O)(=O)NCc3ccccc3OC(F)F)ccc2[nH]1. The van der Waals surface area contributed by atoms with E-state index in [9.17, 15) is 35.2 Å². The number of aromatic amines is 1. The standard InChI is InChI=1S/C18H13F5N2O4S/c19-17(20)29-15-4-2-1-3-10(15)9-24-30(27,28)11-5-6-14-12(7-11)13(18(21,22)23)8-16(26)25-14/h1-8,17,24H,9H2,(H,25,26). The van der Waals surface area contributed by atoms with Crippen LogP contribution in [0.25, 0.3) is 10.9 Å². The lowest BCUT2D eigenvalue weighted by molar-refractivity contribution is -0.136. The minimum Gasteiger partial charge on any atom is -0.434 e. The number of benzene rings is 2. The predicted molar refractivity (Wildman–Crippen MR) is 96.7 cm³/mol. The van der Waals surface area contributed by atoms with Gasteiger partial charge in [0.1, 0.15) is 5.75 Å². The first-order valence-electron chi connectivity index (χ1n) is 8.24. The summed E-state index contributed by atoms with van der Waals surface area (Å²) in [7, 11) is -4.32. The van der Waals surface area contributed by atoms with Gasteiger partial charge in [-0.1, -0.05) is 18.2 Å². The van der Waals surface area contributed by atoms with Crippen molar-refractivity contribution >= 4 is 20.9 Å². The first-order chi connectivity index (χ1) is 14.0. The lowest BCUT2D eigenvalue weighted by Gasteiger charge is -2.13. The largest absolute Gasteiger partial charge is 0.434 e. The van der Waals surface area contributed by atoms with E-state index in [-0.39, 0.29) is 16.8 Å². The van der Waals surface area contributed by atoms with Gasteiger partial charge in [-0.15, -0.1) is 0 Å². The van der Waals surface area contributed by atoms with Crippen LogP contribution >= 0.6 is 0 Å². The van der Waals surface area contributed by atoms with Crippen molar-refractivity contribution in [1.29, 1.82) is 0 Å². The van der Waals surface area contributed by atoms with Gasteiger partial charge in [-0.2, -0.15) is 22.0 Å². The molecule has 3 aromatic rings. The molecule has 1 heterocycles. The van der Waals surface area contributed by atoms with Crippen LogP contribution in [0.5, 0.6) is 5.75 Å². The fourth-order valence-corrected chi connectivity index (χ4v) is 3.78. The number of halogens is 5. The van der Waals surface area contributed by atoms with E-state index in [1.807, 2.05) is 0 Å². The molecule has 0 aliphatic rings. The van der Waals surface area contributed by atoms with Gasteiger partial charge < -0.3 is 9.72 Å². The molecule has 1 aromatic heterocycles. The molecule has 0 bridgehead atoms. The Morgan fingerprint density at radius 3 is 2.43 bits per heavy atom. The highest BCUT2D eigenvalue weighted by atomic mass is 32.2. The Hall–Kier alpha value is -2.99. The first-order valence-corrected chi connectivity index (χ1v) is 9.72. The quantitative estimate of drug-likeness (QED) is 0.564. The highest BCUT2D eigenvalue weighted by Crippen LogP contribution is 2.34. The summed E-state index contributed by atoms with van der Waals surface area (Å²) in [6, 6.07) is 8.63. The number of alkyl halides is 5. The molecule has 3 rings (SSSR count). The van der Waals surface area contributed by atoms with Gasteiger partial charge in [-0.25, -0.2) is 13.1 Å². The summed E-state index contributed by atoms with van der Waals surface area (Å²) in [5, 5.41) is -0.508. The second kappa shape index (κ2) is 8.03. The summed E-state index contributed by atoms with van der Waals surface area (Å²) in [5.74, 6) is -0.245. The summed E-state index contributed by atoms with van der Waals surface area (Å²) < 4.78 is 96.3. The van der Waals surface area contributed by atoms with E-state index < -0.39 is 50.8 Å². The summed E-state index contributed by atoms with van der Waals surface area (Å²) in [6.45, 7) is -3.56. The van der Waals surface area contributed by atoms with Crippen LogP contribution in [0.1, 0.15) is 11.1 Å². The van der Waals surface area contributed by atoms with Crippen molar-refractivity contribution in [2.24, 2.45) is 0 Å². The Kier molecular flexibility index (Phi) is 5.81. The molecule has 12 heteroatoms. The van der Waals surface area contributed by atoms with Crippen LogP contribution in [0, 0.1) is 0 Å². The normalized spacial score (nSPS) is 12.5. The Labute approximate surface area is 166 Å². The number of H-pyrrole nitrogens is 1. The maximum atomic E-state index is 13.3. The number of ether oxygens (including phenoxy) is 1. The molecule has 0 radical (unpaired) electrons. The minimum absolute atomic E-state index is 0.0995. The van der Waals surface area contributed by atoms with Crippen LogP contribution in [0.2, 0.25) is 0 Å². The maximum Gasteiger partial charge on any atom is 0.417 e. The van der Waals surface area contributed by atoms with E-state index >= 15 is 0 Å². The molecule has 0 atom stereocenters. The van der Waals surface area contributed by atoms with E-state index in [2.05, 4.69) is 14.4 Å². The van der Waals surface area contributed by atoms with E-state index in [0.29, 0.717) is 6.07 Å². The zero-order valence-electron chi connectivity index (χ0n) is 14.8. The first kappa shape index (κ1) is 21.7. The number of hydrogen-bond donors (Lipinski definition) is 2. The van der Waals surface area contributed by atoms with Crippen LogP contribution in [0.4, 0.5) is 22.0 Å². The Morgan fingerprint density at radius 1 is 1.07 bits per heavy atom. The van der Waals surface area contributed by atoms with Crippen molar-refractivity contribution in [1.82, 2.24) is 9.71 Å². The molecular formula is C18H13F5N2O4S. The number of fused-ring (bicyclic) bond motifs is 1. The monoisotopic (exact) mass is 448 g/mol. The fraction of sp³-hybridized carbons (Fsp3) is 0.167. The van der Waals surface area contributed by atoms with Crippen LogP contribution in [-0.4, -0.2) is 20.0 Å². The predicted octanol–water partition coefficient (Wildman–Crippen LogP) is 3.63. The van der Waals surface area contributed by atoms with E-state index in [1.54, 1.807) is 0 Å². The number of nitrogens with one attached hydrogen (secondary N) is 2. The molecule has 0 unspecified atom stereocenters. The molecule has 2 aromatic carbocycles. The lowest BCUT2D eigenvalue weighted by Crippen LogP contribution is -2.24. The number of pyridine rings is 1. The highest BCUT2D eigenvalue weighted by molar-refractivity contribution is 7.89. The van der Waals surface area contributed by atoms with Crippen molar-refractivity contribution in [3.05, 3.63) is 70.0 Å². The molecule has 160 valence electrons. The molecule has 0 spiro atoms. The topological polar surface area (TPSA) is 88.3 Å². The minimum atomic E-state index is -4.88. The molecular weight excluding hydrogens is 435 g/mol. The molecule has 0 aliphatic carbocycles. The molecule has 30 heavy (non-hydrogen) atoms. The molecule has 0 saturated heterocycles. The van der Waals surface area contributed by atoms with Crippen molar-refractivity contribution in [2.45, 2.75) is 24.2 Å². The number of hydrogen-bond acceptors (Lipinski definition) is 4. The van der Waals surface area contributed by atoms with Crippen molar-refractivity contribution in [2.75, 3.05) is 0 Å². The number of aromatic nitrogens is 1. The van der Waals surface area contributed by atoms with Gasteiger partial charge in [-0.3, -0.25) is 4.79 Å². The average molecular weight is 448 g/mol. The Balaban J connectivity index is 1.96. The summed E-state index contributed by atoms with van der Waals surface area (Å²) in [5.41, 5.74) is -2.36. The van der Waals surface area contributed by atoms with Crippen molar-refractivity contribution in [3.8, 4) is 5.75 Å². The third-order valence-electron chi connectivity index (χ3n) is 4.07. The molecule has 0 amide bonds. The smallest absolute Gasteiger partial charge is 0.417 e. The van der Waals surface area contributed by atoms with E-state index in [0.717, 1.165) is 18.2 Å². The molecule has 0 saturated carbocycles. The van der Waals surface area contributed by atoms with Gasteiger partial charge in [0.05, 0.1) is 10.5 Å². The number of para-hydroxylation sites is 1. The van der Waals surface area contributed by atoms with Crippen molar-refractivity contribution in [3.63, 3.8) is 0 Å². The Morgan fingerprint density at radius 2 is 1.77 bits per heavy atom. The highest BCUT2D eigenvalue weighted by Gasteiger charge is 2.33. The third-order valence-corrected chi connectivity index (χ3v) is 5.47. The zero-order chi connectivity index (χ0) is 22.1. The third kappa shape index (κ3) is 4.76. The summed E-state index contributed by atoms with van der Waals surface area (Å²) in [4.78, 5) is 13.2. The second-order valence-electron chi connectivity index (χ2n) is 6.06. The summed E-state index contributed by atoms with van der Waals surface area (Å²) >= 11 is 0. The Bertz CT molecular complexity index is 1240. The fourth-order valence-electron chi connectivity index (χ4n) is 2.75. The van der Waals surface area contributed by atoms with Crippen molar-refractivity contribution < 1.29 is 35.1 Å². The average Bonchev–Trinajstić information content (AvgIpc) is 2.65. The lowest BCUT2D eigenvalue weighted by atomic mass is 10.1. The molecule has 0 fully saturated rings. The van der Waals surface area contributed by atoms with Crippen LogP contribution in [-0.2, 0) is 22.7 Å². The van der Waals surface area contributed by atoms with Gasteiger partial charge in [0.25, 0.3) is 0 Å². The number of sulfonamides is 1. The van der Waals surface area contributed by atoms with E-state index in [1.165, 1.54) is 24.3 Å². The van der Waals surface area contributed by atoms with Gasteiger partial charge in [0.15, 0.2) is 0 Å². The molecule has 6 nitrogen and oxygen atoms in total. The molecule has 2 N–H and O–H groups in total. The molecule has 0 aliphatic heterocycles. The second-order valence-corrected chi connectivity index (χ2v) is 7.83. The van der Waals surface area contributed by atoms with Gasteiger partial charge in [0, 0.05) is 29.1 Å². The van der Waals surface area contributed by atoms with Gasteiger partial charge in [0.2, 0.25) is 15.6 Å². The van der Waals surface area contributed by atoms with Gasteiger partial charge >= 0.3 is 12.8 Å². The van der Waals surface area contributed by atoms with Crippen LogP contribution in [0.15, 0.2) is 58.2 Å². The zero-order valence-corrected chi connectivity index (χ0v) is 15.7. The van der Waals surface area contributed by atoms with Gasteiger partial charge in [-0.05, 0) is 24.3 Å². The summed E-state index contributed by atoms with van der Waals surface area (Å²) in [6.07, 6.45) is -4.88. The maximum absolute atomic E-state index is 13.3. The van der Waals surface area contributed by atoms with Crippen LogP contribution < -0.4 is 15.0 Å².